The zero-order valence-corrected chi connectivity index (χ0v) is 21.2. The fourth-order valence-electron chi connectivity index (χ4n) is 4.97. The maximum absolute atomic E-state index is 13.7. The molecule has 2 saturated heterocycles. The second-order valence-corrected chi connectivity index (χ2v) is 9.77. The van der Waals surface area contributed by atoms with Gasteiger partial charge in [0.2, 0.25) is 5.91 Å². The fourth-order valence-corrected chi connectivity index (χ4v) is 5.16. The van der Waals surface area contributed by atoms with Crippen LogP contribution in [-0.4, -0.2) is 64.0 Å². The number of carbonyl (C=O) groups excluding carboxylic acids is 3. The summed E-state index contributed by atoms with van der Waals surface area (Å²) in [5, 5.41) is 3.36. The van der Waals surface area contributed by atoms with Crippen molar-refractivity contribution >= 4 is 29.3 Å². The van der Waals surface area contributed by atoms with E-state index in [0.29, 0.717) is 36.5 Å². The number of amides is 3. The molecule has 10 heteroatoms. The highest BCUT2D eigenvalue weighted by atomic mass is 35.5. The van der Waals surface area contributed by atoms with Crippen LogP contribution in [0.25, 0.3) is 0 Å². The lowest BCUT2D eigenvalue weighted by atomic mass is 9.96. The minimum atomic E-state index is -1.07. The summed E-state index contributed by atoms with van der Waals surface area (Å²) in [6.45, 7) is 0.927. The maximum atomic E-state index is 13.7. The number of pyridine rings is 1. The van der Waals surface area contributed by atoms with Crippen molar-refractivity contribution in [2.24, 2.45) is 0 Å². The van der Waals surface area contributed by atoms with Gasteiger partial charge in [-0.1, -0.05) is 17.7 Å². The molecule has 1 N–H and O–H groups in total. The van der Waals surface area contributed by atoms with Gasteiger partial charge in [-0.2, -0.15) is 0 Å². The highest BCUT2D eigenvalue weighted by Crippen LogP contribution is 2.39. The van der Waals surface area contributed by atoms with Gasteiger partial charge < -0.3 is 15.0 Å². The van der Waals surface area contributed by atoms with Crippen LogP contribution in [0.4, 0.5) is 4.39 Å². The number of hydrogen-bond donors (Lipinski definition) is 1. The molecule has 0 aliphatic carbocycles. The lowest BCUT2D eigenvalue weighted by Gasteiger charge is -2.44. The van der Waals surface area contributed by atoms with Crippen LogP contribution in [-0.2, 0) is 16.1 Å². The van der Waals surface area contributed by atoms with Crippen LogP contribution in [0.2, 0.25) is 5.02 Å². The van der Waals surface area contributed by atoms with Crippen molar-refractivity contribution < 1.29 is 23.5 Å². The first-order chi connectivity index (χ1) is 18.4. The summed E-state index contributed by atoms with van der Waals surface area (Å²) in [5.41, 5.74) is 0.523. The lowest BCUT2D eigenvalue weighted by molar-refractivity contribution is -0.128. The number of piperidine rings is 1. The summed E-state index contributed by atoms with van der Waals surface area (Å²) in [6.07, 6.45) is 3.91. The number of nitrogens with zero attached hydrogens (tertiary/aromatic N) is 3. The number of rotatable bonds is 5. The molecular weight excluding hydrogens is 511 g/mol. The molecule has 1 unspecified atom stereocenters. The third kappa shape index (κ3) is 5.25. The number of carbonyl (C=O) groups is 3. The minimum Gasteiger partial charge on any atom is -0.353 e. The topological polar surface area (TPSA) is 91.8 Å². The largest absolute Gasteiger partial charge is 0.353 e. The van der Waals surface area contributed by atoms with E-state index in [-0.39, 0.29) is 30.5 Å². The highest BCUT2D eigenvalue weighted by Gasteiger charge is 2.54. The third-order valence-electron chi connectivity index (χ3n) is 6.99. The molecule has 2 fully saturated rings. The molecule has 38 heavy (non-hydrogen) atoms. The van der Waals surface area contributed by atoms with E-state index in [1.54, 1.807) is 53.7 Å². The number of likely N-dealkylation sites (tertiary alicyclic amines) is 1. The Morgan fingerprint density at radius 3 is 2.39 bits per heavy atom. The molecule has 3 amide bonds. The second-order valence-electron chi connectivity index (χ2n) is 9.33. The summed E-state index contributed by atoms with van der Waals surface area (Å²) < 4.78 is 19.8. The zero-order chi connectivity index (χ0) is 26.7. The number of aromatic nitrogens is 1. The molecule has 0 radical (unpaired) electrons. The van der Waals surface area contributed by atoms with Gasteiger partial charge in [-0.15, -0.1) is 0 Å². The molecule has 3 heterocycles. The molecule has 0 saturated carbocycles. The summed E-state index contributed by atoms with van der Waals surface area (Å²) in [4.78, 5) is 47.2. The molecule has 1 atom stereocenters. The van der Waals surface area contributed by atoms with Crippen LogP contribution < -0.4 is 5.32 Å². The first-order valence-corrected chi connectivity index (χ1v) is 12.7. The Balaban J connectivity index is 1.36. The van der Waals surface area contributed by atoms with Crippen molar-refractivity contribution in [2.45, 2.75) is 31.2 Å². The van der Waals surface area contributed by atoms with Gasteiger partial charge in [0.15, 0.2) is 0 Å². The van der Waals surface area contributed by atoms with E-state index in [1.807, 2.05) is 0 Å². The van der Waals surface area contributed by atoms with Crippen molar-refractivity contribution in [3.05, 3.63) is 101 Å². The fraction of sp³-hybridized carbons (Fsp3) is 0.286. The Morgan fingerprint density at radius 2 is 1.71 bits per heavy atom. The van der Waals surface area contributed by atoms with Gasteiger partial charge in [-0.05, 0) is 60.2 Å². The van der Waals surface area contributed by atoms with Gasteiger partial charge in [-0.3, -0.25) is 24.3 Å². The molecule has 8 nitrogen and oxygen atoms in total. The summed E-state index contributed by atoms with van der Waals surface area (Å²) >= 11 is 6.06. The highest BCUT2D eigenvalue weighted by molar-refractivity contribution is 6.30. The van der Waals surface area contributed by atoms with Crippen LogP contribution in [0, 0.1) is 5.82 Å². The average Bonchev–Trinajstić information content (AvgIpc) is 3.30. The predicted octanol–water partition coefficient (Wildman–Crippen LogP) is 3.66. The molecule has 2 aromatic carbocycles. The first kappa shape index (κ1) is 25.8. The Labute approximate surface area is 224 Å². The Bertz CT molecular complexity index is 1330. The Morgan fingerprint density at radius 1 is 1.00 bits per heavy atom. The molecule has 0 bridgehead atoms. The smallest absolute Gasteiger partial charge is 0.256 e. The summed E-state index contributed by atoms with van der Waals surface area (Å²) in [5.74, 6) is -1.41. The number of benzene rings is 2. The summed E-state index contributed by atoms with van der Waals surface area (Å²) in [6, 6.07) is 14.7. The van der Waals surface area contributed by atoms with Gasteiger partial charge in [-0.25, -0.2) is 4.39 Å². The van der Waals surface area contributed by atoms with Gasteiger partial charge in [0, 0.05) is 61.0 Å². The minimum absolute atomic E-state index is 0.0113. The molecule has 196 valence electrons. The third-order valence-corrected chi connectivity index (χ3v) is 7.23. The van der Waals surface area contributed by atoms with Gasteiger partial charge in [0.1, 0.15) is 17.6 Å². The van der Waals surface area contributed by atoms with E-state index in [1.165, 1.54) is 29.2 Å². The van der Waals surface area contributed by atoms with E-state index < -0.39 is 23.5 Å². The van der Waals surface area contributed by atoms with Crippen molar-refractivity contribution in [3.63, 3.8) is 0 Å². The lowest BCUT2D eigenvalue weighted by Crippen LogP contribution is -2.59. The number of nitrogens with one attached hydrogen (secondary N) is 1. The van der Waals surface area contributed by atoms with Crippen LogP contribution in [0.15, 0.2) is 73.1 Å². The molecule has 5 rings (SSSR count). The standard InChI is InChI=1S/C28H26ClFN4O4/c29-22-3-1-2-21(16-22)26(36)33-14-10-28(11-15-33)34(27(37)20-4-6-23(30)7-5-20)24(18-38-28)25(35)32-17-19-8-12-31-13-9-19/h1-9,12-13,16,24H,10-11,14-15,17-18H2,(H,32,35). The molecule has 2 aliphatic heterocycles. The number of hydrogen-bond acceptors (Lipinski definition) is 5. The van der Waals surface area contributed by atoms with Crippen LogP contribution in [0.5, 0.6) is 0 Å². The van der Waals surface area contributed by atoms with Gasteiger partial charge in [0.25, 0.3) is 11.8 Å². The summed E-state index contributed by atoms with van der Waals surface area (Å²) in [7, 11) is 0. The van der Waals surface area contributed by atoms with E-state index in [9.17, 15) is 18.8 Å². The van der Waals surface area contributed by atoms with Gasteiger partial charge >= 0.3 is 0 Å². The monoisotopic (exact) mass is 536 g/mol. The van der Waals surface area contributed by atoms with Crippen LogP contribution in [0.3, 0.4) is 0 Å². The van der Waals surface area contributed by atoms with Gasteiger partial charge in [0.05, 0.1) is 6.61 Å². The molecular formula is C28H26ClFN4O4. The van der Waals surface area contributed by atoms with Crippen molar-refractivity contribution in [2.75, 3.05) is 19.7 Å². The van der Waals surface area contributed by atoms with Crippen LogP contribution >= 0.6 is 11.6 Å². The van der Waals surface area contributed by atoms with Crippen LogP contribution in [0.1, 0.15) is 39.1 Å². The Hall–Kier alpha value is -3.82. The second kappa shape index (κ2) is 10.9. The molecule has 2 aliphatic rings. The van der Waals surface area contributed by atoms with E-state index in [4.69, 9.17) is 16.3 Å². The Kier molecular flexibility index (Phi) is 7.40. The van der Waals surface area contributed by atoms with Crippen molar-refractivity contribution in [1.82, 2.24) is 20.1 Å². The van der Waals surface area contributed by atoms with E-state index in [2.05, 4.69) is 10.3 Å². The normalized spacial score (nSPS) is 18.4. The number of halogens is 2. The van der Waals surface area contributed by atoms with Crippen molar-refractivity contribution in [3.8, 4) is 0 Å². The predicted molar refractivity (Wildman–Crippen MR) is 138 cm³/mol. The first-order valence-electron chi connectivity index (χ1n) is 12.3. The maximum Gasteiger partial charge on any atom is 0.256 e. The SMILES string of the molecule is O=C(NCc1ccncc1)C1COC2(CCN(C(=O)c3cccc(Cl)c3)CC2)N1C(=O)c1ccc(F)cc1. The van der Waals surface area contributed by atoms with E-state index >= 15 is 0 Å². The molecule has 1 aromatic heterocycles. The molecule has 3 aromatic rings. The number of ether oxygens (including phenoxy) is 1. The average molecular weight is 537 g/mol. The molecule has 1 spiro atoms. The van der Waals surface area contributed by atoms with E-state index in [0.717, 1.165) is 5.56 Å². The van der Waals surface area contributed by atoms with Crippen molar-refractivity contribution in [1.29, 1.82) is 0 Å². The zero-order valence-electron chi connectivity index (χ0n) is 20.5. The quantitative estimate of drug-likeness (QED) is 0.537.